The zero-order valence-electron chi connectivity index (χ0n) is 17.6. The number of rotatable bonds is 4. The summed E-state index contributed by atoms with van der Waals surface area (Å²) in [6.07, 6.45) is 0. The number of amides is 1. The summed E-state index contributed by atoms with van der Waals surface area (Å²) >= 11 is 0. The average Bonchev–Trinajstić information content (AvgIpc) is 3.10. The number of nitrogens with one attached hydrogen (secondary N) is 1. The topological polar surface area (TPSA) is 52.6 Å². The molecular formula is C26H25N3O2. The molecule has 0 saturated carbocycles. The fraction of sp³-hybridized carbons (Fsp3) is 0.231. The molecule has 3 aromatic carbocycles. The van der Waals surface area contributed by atoms with Gasteiger partial charge >= 0.3 is 0 Å². The van der Waals surface area contributed by atoms with E-state index in [9.17, 15) is 9.59 Å². The van der Waals surface area contributed by atoms with E-state index in [1.807, 2.05) is 42.5 Å². The van der Waals surface area contributed by atoms with Crippen molar-refractivity contribution in [3.63, 3.8) is 0 Å². The summed E-state index contributed by atoms with van der Waals surface area (Å²) < 4.78 is 0. The third-order valence-electron chi connectivity index (χ3n) is 6.26. The van der Waals surface area contributed by atoms with Crippen LogP contribution >= 0.6 is 0 Å². The van der Waals surface area contributed by atoms with E-state index >= 15 is 0 Å². The number of carbonyl (C=O) groups is 2. The summed E-state index contributed by atoms with van der Waals surface area (Å²) in [5.41, 5.74) is 5.94. The number of likely N-dealkylation sites (N-methyl/N-ethyl adjacent to an activating group) is 1. The Balaban J connectivity index is 1.32. The van der Waals surface area contributed by atoms with Gasteiger partial charge in [-0.1, -0.05) is 48.5 Å². The van der Waals surface area contributed by atoms with Crippen molar-refractivity contribution >= 4 is 17.4 Å². The van der Waals surface area contributed by atoms with E-state index in [2.05, 4.69) is 34.3 Å². The minimum atomic E-state index is -0.167. The molecule has 31 heavy (non-hydrogen) atoms. The Hall–Kier alpha value is -3.44. The van der Waals surface area contributed by atoms with Gasteiger partial charge in [-0.05, 0) is 41.9 Å². The zero-order chi connectivity index (χ0) is 21.4. The summed E-state index contributed by atoms with van der Waals surface area (Å²) in [6.45, 7) is 4.48. The van der Waals surface area contributed by atoms with Crippen molar-refractivity contribution in [2.75, 3.05) is 38.1 Å². The van der Waals surface area contributed by atoms with Gasteiger partial charge in [0, 0.05) is 55.1 Å². The number of nitrogens with zero attached hydrogens (tertiary/aromatic N) is 2. The van der Waals surface area contributed by atoms with Crippen LogP contribution in [0.2, 0.25) is 0 Å². The van der Waals surface area contributed by atoms with Gasteiger partial charge < -0.3 is 15.1 Å². The van der Waals surface area contributed by atoms with E-state index in [1.165, 1.54) is 5.69 Å². The molecule has 0 atom stereocenters. The van der Waals surface area contributed by atoms with Gasteiger partial charge in [-0.2, -0.15) is 0 Å². The van der Waals surface area contributed by atoms with Crippen molar-refractivity contribution in [2.45, 2.75) is 6.54 Å². The van der Waals surface area contributed by atoms with Crippen molar-refractivity contribution in [2.24, 2.45) is 0 Å². The summed E-state index contributed by atoms with van der Waals surface area (Å²) in [6, 6.07) is 21.2. The number of piperazine rings is 1. The van der Waals surface area contributed by atoms with Gasteiger partial charge in [-0.15, -0.1) is 0 Å². The Bertz CT molecular complexity index is 1160. The van der Waals surface area contributed by atoms with E-state index < -0.39 is 0 Å². The molecule has 0 unspecified atom stereocenters. The van der Waals surface area contributed by atoms with Gasteiger partial charge in [-0.3, -0.25) is 9.59 Å². The first-order valence-corrected chi connectivity index (χ1v) is 10.7. The molecule has 1 aliphatic heterocycles. The summed E-state index contributed by atoms with van der Waals surface area (Å²) in [4.78, 5) is 30.3. The van der Waals surface area contributed by atoms with Crippen LogP contribution in [-0.2, 0) is 6.54 Å². The fourth-order valence-corrected chi connectivity index (χ4v) is 4.46. The maximum Gasteiger partial charge on any atom is 0.251 e. The van der Waals surface area contributed by atoms with Crippen LogP contribution in [0.5, 0.6) is 0 Å². The second kappa shape index (κ2) is 8.00. The molecule has 5 rings (SSSR count). The zero-order valence-corrected chi connectivity index (χ0v) is 17.6. The third-order valence-corrected chi connectivity index (χ3v) is 6.26. The lowest BCUT2D eigenvalue weighted by Gasteiger charge is -2.35. The van der Waals surface area contributed by atoms with Gasteiger partial charge in [-0.25, -0.2) is 0 Å². The fourth-order valence-electron chi connectivity index (χ4n) is 4.46. The van der Waals surface area contributed by atoms with Gasteiger partial charge in [0.25, 0.3) is 5.91 Å². The lowest BCUT2D eigenvalue weighted by atomic mass is 10.0. The van der Waals surface area contributed by atoms with Crippen LogP contribution in [0.3, 0.4) is 0 Å². The van der Waals surface area contributed by atoms with Gasteiger partial charge in [0.15, 0.2) is 5.78 Å². The molecule has 1 fully saturated rings. The lowest BCUT2D eigenvalue weighted by Crippen LogP contribution is -2.45. The molecule has 0 aromatic heterocycles. The Morgan fingerprint density at radius 1 is 0.839 bits per heavy atom. The molecule has 3 aromatic rings. The molecule has 2 aliphatic rings. The van der Waals surface area contributed by atoms with Crippen molar-refractivity contribution < 1.29 is 9.59 Å². The maximum absolute atomic E-state index is 12.9. The first-order valence-electron chi connectivity index (χ1n) is 10.7. The highest BCUT2D eigenvalue weighted by molar-refractivity contribution is 6.22. The average molecular weight is 412 g/mol. The van der Waals surface area contributed by atoms with E-state index in [0.717, 1.165) is 42.9 Å². The SMILES string of the molecule is CN1CCN(c2ccccc2CNC(=O)c2ccc3c(c2)C(=O)c2ccccc2-3)CC1. The van der Waals surface area contributed by atoms with Crippen molar-refractivity contribution in [3.05, 3.63) is 89.0 Å². The smallest absolute Gasteiger partial charge is 0.251 e. The van der Waals surface area contributed by atoms with Gasteiger partial charge in [0.2, 0.25) is 0 Å². The standard InChI is InChI=1S/C26H25N3O2/c1-28-12-14-29(15-13-28)24-9-5-2-6-19(24)17-27-26(31)18-10-11-21-20-7-3-4-8-22(20)25(30)23(21)16-18/h2-11,16H,12-15,17H2,1H3,(H,27,31). The summed E-state index contributed by atoms with van der Waals surface area (Å²) in [7, 11) is 2.14. The Morgan fingerprint density at radius 2 is 1.52 bits per heavy atom. The van der Waals surface area contributed by atoms with Crippen LogP contribution in [0.1, 0.15) is 31.8 Å². The van der Waals surface area contributed by atoms with Crippen molar-refractivity contribution in [3.8, 4) is 11.1 Å². The second-order valence-electron chi connectivity index (χ2n) is 8.24. The van der Waals surface area contributed by atoms with Crippen molar-refractivity contribution in [1.82, 2.24) is 10.2 Å². The number of benzene rings is 3. The van der Waals surface area contributed by atoms with E-state index in [0.29, 0.717) is 23.2 Å². The molecule has 0 bridgehead atoms. The van der Waals surface area contributed by atoms with E-state index in [1.54, 1.807) is 12.1 Å². The van der Waals surface area contributed by atoms with Gasteiger partial charge in [0.1, 0.15) is 0 Å². The molecule has 1 saturated heterocycles. The maximum atomic E-state index is 12.9. The highest BCUT2D eigenvalue weighted by Crippen LogP contribution is 2.36. The van der Waals surface area contributed by atoms with Crippen LogP contribution in [-0.4, -0.2) is 49.8 Å². The predicted octanol–water partition coefficient (Wildman–Crippen LogP) is 3.58. The first-order chi connectivity index (χ1) is 15.1. The van der Waals surface area contributed by atoms with Crippen molar-refractivity contribution in [1.29, 1.82) is 0 Å². The molecule has 156 valence electrons. The van der Waals surface area contributed by atoms with E-state index in [-0.39, 0.29) is 11.7 Å². The van der Waals surface area contributed by atoms with Crippen LogP contribution in [0.25, 0.3) is 11.1 Å². The molecular weight excluding hydrogens is 386 g/mol. The number of carbonyl (C=O) groups excluding carboxylic acids is 2. The molecule has 5 nitrogen and oxygen atoms in total. The summed E-state index contributed by atoms with van der Waals surface area (Å²) in [5.74, 6) is -0.180. The van der Waals surface area contributed by atoms with Crippen LogP contribution in [0.15, 0.2) is 66.7 Å². The first kappa shape index (κ1) is 19.5. The Labute approximate surface area is 182 Å². The molecule has 0 spiro atoms. The van der Waals surface area contributed by atoms with Crippen LogP contribution in [0, 0.1) is 0 Å². The third kappa shape index (κ3) is 3.62. The van der Waals surface area contributed by atoms with Crippen LogP contribution < -0.4 is 10.2 Å². The molecule has 1 N–H and O–H groups in total. The minimum Gasteiger partial charge on any atom is -0.369 e. The number of fused-ring (bicyclic) bond motifs is 3. The normalized spacial score (nSPS) is 15.5. The largest absolute Gasteiger partial charge is 0.369 e. The predicted molar refractivity (Wildman–Crippen MR) is 123 cm³/mol. The number of ketones is 1. The van der Waals surface area contributed by atoms with Crippen LogP contribution in [0.4, 0.5) is 5.69 Å². The minimum absolute atomic E-state index is 0.0133. The number of hydrogen-bond acceptors (Lipinski definition) is 4. The van der Waals surface area contributed by atoms with E-state index in [4.69, 9.17) is 0 Å². The Kier molecular flexibility index (Phi) is 5.04. The molecule has 5 heteroatoms. The molecule has 1 heterocycles. The number of hydrogen-bond donors (Lipinski definition) is 1. The monoisotopic (exact) mass is 411 g/mol. The quantitative estimate of drug-likeness (QED) is 0.558. The molecule has 0 radical (unpaired) electrons. The lowest BCUT2D eigenvalue weighted by molar-refractivity contribution is 0.0951. The van der Waals surface area contributed by atoms with Gasteiger partial charge in [0.05, 0.1) is 0 Å². The second-order valence-corrected chi connectivity index (χ2v) is 8.24. The number of anilines is 1. The molecule has 1 aliphatic carbocycles. The number of para-hydroxylation sites is 1. The molecule has 1 amide bonds. The Morgan fingerprint density at radius 3 is 2.32 bits per heavy atom. The summed E-state index contributed by atoms with van der Waals surface area (Å²) in [5, 5.41) is 3.04. The highest BCUT2D eigenvalue weighted by Gasteiger charge is 2.27. The highest BCUT2D eigenvalue weighted by atomic mass is 16.1.